The molecule has 1 atom stereocenters. The van der Waals surface area contributed by atoms with Gasteiger partial charge < -0.3 is 14.4 Å². The highest BCUT2D eigenvalue weighted by Crippen LogP contribution is 2.37. The SMILES string of the molecule is CCOC(=O)c1cccc(/C=C2\C=C(c3cccc(OC)c3)C(CN(C)C)CC2)c1F. The highest BCUT2D eigenvalue weighted by molar-refractivity contribution is 5.90. The summed E-state index contributed by atoms with van der Waals surface area (Å²) in [7, 11) is 5.81. The maximum Gasteiger partial charge on any atom is 0.341 e. The summed E-state index contributed by atoms with van der Waals surface area (Å²) in [6.45, 7) is 2.85. The van der Waals surface area contributed by atoms with Gasteiger partial charge in [-0.15, -0.1) is 0 Å². The van der Waals surface area contributed by atoms with Crippen molar-refractivity contribution in [2.75, 3.05) is 34.4 Å². The van der Waals surface area contributed by atoms with E-state index in [1.165, 1.54) is 11.6 Å². The van der Waals surface area contributed by atoms with Gasteiger partial charge in [-0.2, -0.15) is 0 Å². The third kappa shape index (κ3) is 5.61. The fraction of sp³-hybridized carbons (Fsp3) is 0.346. The minimum absolute atomic E-state index is 0.0329. The predicted octanol–water partition coefficient (Wildman–Crippen LogP) is 5.45. The Kier molecular flexibility index (Phi) is 7.64. The first-order valence-corrected chi connectivity index (χ1v) is 10.6. The van der Waals surface area contributed by atoms with Crippen molar-refractivity contribution in [3.05, 3.63) is 76.6 Å². The van der Waals surface area contributed by atoms with Gasteiger partial charge in [0.2, 0.25) is 0 Å². The van der Waals surface area contributed by atoms with Gasteiger partial charge in [0.15, 0.2) is 0 Å². The molecule has 0 saturated carbocycles. The van der Waals surface area contributed by atoms with Gasteiger partial charge in [-0.25, -0.2) is 9.18 Å². The number of methoxy groups -OCH3 is 1. The molecule has 2 aromatic rings. The number of carbonyl (C=O) groups excluding carboxylic acids is 1. The summed E-state index contributed by atoms with van der Waals surface area (Å²) in [5.74, 6) is 0.00371. The Hall–Kier alpha value is -2.92. The van der Waals surface area contributed by atoms with Crippen LogP contribution in [0.4, 0.5) is 4.39 Å². The minimum atomic E-state index is -0.637. The molecule has 1 unspecified atom stereocenters. The van der Waals surface area contributed by atoms with Crippen LogP contribution in [0, 0.1) is 11.7 Å². The molecule has 0 spiro atoms. The van der Waals surface area contributed by atoms with Crippen molar-refractivity contribution in [2.45, 2.75) is 19.8 Å². The zero-order valence-corrected chi connectivity index (χ0v) is 18.7. The Labute approximate surface area is 184 Å². The molecule has 5 heteroatoms. The first kappa shape index (κ1) is 22.8. The van der Waals surface area contributed by atoms with Crippen LogP contribution in [0.3, 0.4) is 0 Å². The number of hydrogen-bond donors (Lipinski definition) is 0. The second-order valence-corrected chi connectivity index (χ2v) is 7.98. The summed E-state index contributed by atoms with van der Waals surface area (Å²) in [6, 6.07) is 12.9. The molecule has 0 aliphatic heterocycles. The summed E-state index contributed by atoms with van der Waals surface area (Å²) in [4.78, 5) is 14.2. The molecule has 0 heterocycles. The molecule has 0 saturated heterocycles. The van der Waals surface area contributed by atoms with Crippen LogP contribution in [0.1, 0.15) is 41.3 Å². The van der Waals surface area contributed by atoms with Crippen LogP contribution in [-0.4, -0.2) is 45.2 Å². The van der Waals surface area contributed by atoms with Gasteiger partial charge in [-0.1, -0.05) is 30.3 Å². The summed E-state index contributed by atoms with van der Waals surface area (Å²) in [6.07, 6.45) is 5.80. The number of benzene rings is 2. The van der Waals surface area contributed by atoms with E-state index in [2.05, 4.69) is 31.1 Å². The van der Waals surface area contributed by atoms with E-state index in [4.69, 9.17) is 9.47 Å². The quantitative estimate of drug-likeness (QED) is 0.555. The molecule has 0 N–H and O–H groups in total. The van der Waals surface area contributed by atoms with E-state index in [1.54, 1.807) is 26.2 Å². The molecule has 0 amide bonds. The molecule has 4 nitrogen and oxygen atoms in total. The largest absolute Gasteiger partial charge is 0.497 e. The average molecular weight is 424 g/mol. The van der Waals surface area contributed by atoms with E-state index in [1.807, 2.05) is 24.3 Å². The van der Waals surface area contributed by atoms with Crippen molar-refractivity contribution in [1.82, 2.24) is 4.90 Å². The minimum Gasteiger partial charge on any atom is -0.497 e. The third-order valence-electron chi connectivity index (χ3n) is 5.42. The normalized spacial score (nSPS) is 17.5. The molecule has 3 rings (SSSR count). The molecule has 1 aliphatic carbocycles. The second-order valence-electron chi connectivity index (χ2n) is 7.98. The fourth-order valence-electron chi connectivity index (χ4n) is 3.98. The Balaban J connectivity index is 2.01. The molecule has 31 heavy (non-hydrogen) atoms. The molecule has 164 valence electrons. The first-order chi connectivity index (χ1) is 14.9. The lowest BCUT2D eigenvalue weighted by atomic mass is 9.81. The van der Waals surface area contributed by atoms with Gasteiger partial charge in [0.05, 0.1) is 19.3 Å². The molecule has 0 aromatic heterocycles. The number of ether oxygens (including phenoxy) is 2. The summed E-state index contributed by atoms with van der Waals surface area (Å²) < 4.78 is 25.4. The van der Waals surface area contributed by atoms with E-state index in [0.717, 1.165) is 36.3 Å². The standard InChI is InChI=1S/C26H30FNO3/c1-5-31-26(29)23-11-7-9-20(25(23)27)14-18-12-13-21(17-28(2)3)24(15-18)19-8-6-10-22(16-19)30-4/h6-11,14-16,21H,5,12-13,17H2,1-4H3/b18-14-. The van der Waals surface area contributed by atoms with Crippen LogP contribution in [0.5, 0.6) is 5.75 Å². The summed E-state index contributed by atoms with van der Waals surface area (Å²) in [5.41, 5.74) is 3.72. The molecular formula is C26H30FNO3. The van der Waals surface area contributed by atoms with Crippen molar-refractivity contribution in [3.63, 3.8) is 0 Å². The predicted molar refractivity (Wildman–Crippen MR) is 123 cm³/mol. The van der Waals surface area contributed by atoms with Gasteiger partial charge >= 0.3 is 5.97 Å². The highest BCUT2D eigenvalue weighted by Gasteiger charge is 2.23. The van der Waals surface area contributed by atoms with Gasteiger partial charge in [0.25, 0.3) is 0 Å². The number of halogens is 1. The number of hydrogen-bond acceptors (Lipinski definition) is 4. The smallest absolute Gasteiger partial charge is 0.341 e. The van der Waals surface area contributed by atoms with E-state index in [9.17, 15) is 9.18 Å². The lowest BCUT2D eigenvalue weighted by Gasteiger charge is -2.29. The zero-order valence-electron chi connectivity index (χ0n) is 18.7. The maximum atomic E-state index is 15.0. The third-order valence-corrected chi connectivity index (χ3v) is 5.42. The average Bonchev–Trinajstić information content (AvgIpc) is 2.76. The monoisotopic (exact) mass is 423 g/mol. The first-order valence-electron chi connectivity index (χ1n) is 10.6. The summed E-state index contributed by atoms with van der Waals surface area (Å²) >= 11 is 0. The van der Waals surface area contributed by atoms with E-state index < -0.39 is 11.8 Å². The van der Waals surface area contributed by atoms with Gasteiger partial charge in [-0.3, -0.25) is 0 Å². The Morgan fingerprint density at radius 1 is 1.23 bits per heavy atom. The van der Waals surface area contributed by atoms with Crippen molar-refractivity contribution >= 4 is 17.6 Å². The number of rotatable bonds is 7. The van der Waals surface area contributed by atoms with Crippen molar-refractivity contribution in [1.29, 1.82) is 0 Å². The molecule has 2 aromatic carbocycles. The van der Waals surface area contributed by atoms with E-state index >= 15 is 0 Å². The Morgan fingerprint density at radius 3 is 2.71 bits per heavy atom. The highest BCUT2D eigenvalue weighted by atomic mass is 19.1. The van der Waals surface area contributed by atoms with Crippen LogP contribution in [0.2, 0.25) is 0 Å². The van der Waals surface area contributed by atoms with Crippen molar-refractivity contribution in [3.8, 4) is 5.75 Å². The maximum absolute atomic E-state index is 15.0. The zero-order chi connectivity index (χ0) is 22.4. The summed E-state index contributed by atoms with van der Waals surface area (Å²) in [5, 5.41) is 0. The molecule has 0 bridgehead atoms. The van der Waals surface area contributed by atoms with Crippen LogP contribution >= 0.6 is 0 Å². The van der Waals surface area contributed by atoms with Crippen molar-refractivity contribution in [2.24, 2.45) is 5.92 Å². The molecule has 1 aliphatic rings. The van der Waals surface area contributed by atoms with Gasteiger partial charge in [0, 0.05) is 12.1 Å². The van der Waals surface area contributed by atoms with Crippen LogP contribution in [0.25, 0.3) is 11.6 Å². The van der Waals surface area contributed by atoms with Crippen LogP contribution in [-0.2, 0) is 4.74 Å². The molecular weight excluding hydrogens is 393 g/mol. The van der Waals surface area contributed by atoms with Crippen LogP contribution in [0.15, 0.2) is 54.1 Å². The molecule has 0 radical (unpaired) electrons. The van der Waals surface area contributed by atoms with Gasteiger partial charge in [0.1, 0.15) is 11.6 Å². The Bertz CT molecular complexity index is 994. The second kappa shape index (κ2) is 10.4. The lowest BCUT2D eigenvalue weighted by molar-refractivity contribution is 0.0521. The van der Waals surface area contributed by atoms with Gasteiger partial charge in [-0.05, 0) is 80.8 Å². The topological polar surface area (TPSA) is 38.8 Å². The fourth-order valence-corrected chi connectivity index (χ4v) is 3.98. The number of esters is 1. The number of allylic oxidation sites excluding steroid dienone is 2. The Morgan fingerprint density at radius 2 is 2.00 bits per heavy atom. The lowest BCUT2D eigenvalue weighted by Crippen LogP contribution is -2.24. The van der Waals surface area contributed by atoms with E-state index in [0.29, 0.717) is 11.5 Å². The molecule has 0 fully saturated rings. The number of nitrogens with zero attached hydrogens (tertiary/aromatic N) is 1. The van der Waals surface area contributed by atoms with Crippen LogP contribution < -0.4 is 4.74 Å². The number of carbonyl (C=O) groups is 1. The van der Waals surface area contributed by atoms with E-state index in [-0.39, 0.29) is 12.2 Å². The van der Waals surface area contributed by atoms with Crippen molar-refractivity contribution < 1.29 is 18.7 Å².